The molecule has 0 saturated heterocycles. The monoisotopic (exact) mass is 379 g/mol. The second-order valence-corrected chi connectivity index (χ2v) is 5.42. The summed E-state index contributed by atoms with van der Waals surface area (Å²) in [5, 5.41) is 0. The van der Waals surface area contributed by atoms with E-state index in [0.29, 0.717) is 15.7 Å². The molecule has 120 valence electrons. The predicted molar refractivity (Wildman–Crippen MR) is 85.4 cm³/mol. The Labute approximate surface area is 140 Å². The lowest BCUT2D eigenvalue weighted by Crippen LogP contribution is -2.43. The van der Waals surface area contributed by atoms with Gasteiger partial charge in [-0.2, -0.15) is 0 Å². The summed E-state index contributed by atoms with van der Waals surface area (Å²) in [5.74, 6) is -1.75. The van der Waals surface area contributed by atoms with Gasteiger partial charge < -0.3 is 9.30 Å². The van der Waals surface area contributed by atoms with Crippen LogP contribution in [0.3, 0.4) is 0 Å². The molecule has 0 aliphatic heterocycles. The van der Waals surface area contributed by atoms with Crippen molar-refractivity contribution in [2.24, 2.45) is 7.05 Å². The molecule has 0 unspecified atom stereocenters. The zero-order valence-electron chi connectivity index (χ0n) is 12.2. The SMILES string of the molecule is Cn1cccc1C(=O)OCC(=O)NNC(=O)c1ccccc1Br. The van der Waals surface area contributed by atoms with Crippen LogP contribution in [0.15, 0.2) is 47.1 Å². The van der Waals surface area contributed by atoms with E-state index in [9.17, 15) is 14.4 Å². The molecule has 0 atom stereocenters. The molecule has 0 aliphatic rings. The van der Waals surface area contributed by atoms with Gasteiger partial charge >= 0.3 is 5.97 Å². The van der Waals surface area contributed by atoms with E-state index in [1.165, 1.54) is 0 Å². The fraction of sp³-hybridized carbons (Fsp3) is 0.133. The number of carbonyl (C=O) groups excluding carboxylic acids is 3. The van der Waals surface area contributed by atoms with Gasteiger partial charge in [0.1, 0.15) is 5.69 Å². The first-order valence-corrected chi connectivity index (χ1v) is 7.40. The molecule has 0 saturated carbocycles. The highest BCUT2D eigenvalue weighted by Crippen LogP contribution is 2.15. The van der Waals surface area contributed by atoms with Gasteiger partial charge in [-0.25, -0.2) is 4.79 Å². The van der Waals surface area contributed by atoms with E-state index in [4.69, 9.17) is 4.74 Å². The maximum absolute atomic E-state index is 11.9. The molecule has 23 heavy (non-hydrogen) atoms. The Morgan fingerprint density at radius 1 is 1.13 bits per heavy atom. The average molecular weight is 380 g/mol. The lowest BCUT2D eigenvalue weighted by molar-refractivity contribution is -0.125. The van der Waals surface area contributed by atoms with E-state index in [2.05, 4.69) is 26.8 Å². The number of benzene rings is 1. The van der Waals surface area contributed by atoms with Crippen molar-refractivity contribution < 1.29 is 19.1 Å². The number of esters is 1. The summed E-state index contributed by atoms with van der Waals surface area (Å²) in [7, 11) is 1.69. The topological polar surface area (TPSA) is 89.4 Å². The molecule has 2 rings (SSSR count). The Morgan fingerprint density at radius 2 is 1.87 bits per heavy atom. The minimum Gasteiger partial charge on any atom is -0.451 e. The summed E-state index contributed by atoms with van der Waals surface area (Å²) in [6.45, 7) is -0.500. The first-order valence-electron chi connectivity index (χ1n) is 6.61. The van der Waals surface area contributed by atoms with Gasteiger partial charge in [0.2, 0.25) is 0 Å². The fourth-order valence-electron chi connectivity index (χ4n) is 1.75. The van der Waals surface area contributed by atoms with Crippen LogP contribution in [0.25, 0.3) is 0 Å². The zero-order chi connectivity index (χ0) is 16.8. The quantitative estimate of drug-likeness (QED) is 0.620. The van der Waals surface area contributed by atoms with Gasteiger partial charge in [-0.15, -0.1) is 0 Å². The first kappa shape index (κ1) is 16.8. The molecule has 8 heteroatoms. The van der Waals surface area contributed by atoms with Crippen molar-refractivity contribution in [3.63, 3.8) is 0 Å². The minimum atomic E-state index is -0.645. The number of halogens is 1. The number of carbonyl (C=O) groups is 3. The van der Waals surface area contributed by atoms with Crippen molar-refractivity contribution in [2.45, 2.75) is 0 Å². The van der Waals surface area contributed by atoms with Crippen LogP contribution in [0.2, 0.25) is 0 Å². The van der Waals surface area contributed by atoms with Gasteiger partial charge in [-0.1, -0.05) is 12.1 Å². The smallest absolute Gasteiger partial charge is 0.355 e. The number of hydrazine groups is 1. The molecule has 0 bridgehead atoms. The molecule has 0 aliphatic carbocycles. The van der Waals surface area contributed by atoms with Crippen molar-refractivity contribution in [2.75, 3.05) is 6.61 Å². The van der Waals surface area contributed by atoms with Crippen molar-refractivity contribution >= 4 is 33.7 Å². The predicted octanol–water partition coefficient (Wildman–Crippen LogP) is 1.41. The summed E-state index contributed by atoms with van der Waals surface area (Å²) in [5.41, 5.74) is 5.12. The van der Waals surface area contributed by atoms with Crippen LogP contribution in [0.4, 0.5) is 0 Å². The Kier molecular flexibility index (Phi) is 5.53. The molecule has 1 aromatic carbocycles. The number of hydrogen-bond donors (Lipinski definition) is 2. The first-order chi connectivity index (χ1) is 11.0. The Morgan fingerprint density at radius 3 is 2.52 bits per heavy atom. The molecule has 7 nitrogen and oxygen atoms in total. The fourth-order valence-corrected chi connectivity index (χ4v) is 2.22. The van der Waals surface area contributed by atoms with Gasteiger partial charge in [0, 0.05) is 17.7 Å². The zero-order valence-corrected chi connectivity index (χ0v) is 13.8. The van der Waals surface area contributed by atoms with Gasteiger partial charge in [-0.3, -0.25) is 20.4 Å². The number of nitrogens with one attached hydrogen (secondary N) is 2. The van der Waals surface area contributed by atoms with E-state index in [1.807, 2.05) is 0 Å². The van der Waals surface area contributed by atoms with Gasteiger partial charge in [0.15, 0.2) is 6.61 Å². The molecule has 1 heterocycles. The van der Waals surface area contributed by atoms with E-state index < -0.39 is 24.4 Å². The molecule has 0 spiro atoms. The second-order valence-electron chi connectivity index (χ2n) is 4.56. The van der Waals surface area contributed by atoms with Crippen LogP contribution in [0.1, 0.15) is 20.8 Å². The number of nitrogens with zero attached hydrogens (tertiary/aromatic N) is 1. The highest BCUT2D eigenvalue weighted by atomic mass is 79.9. The van der Waals surface area contributed by atoms with Crippen molar-refractivity contribution in [1.82, 2.24) is 15.4 Å². The number of ether oxygens (including phenoxy) is 1. The Bertz CT molecular complexity index is 742. The van der Waals surface area contributed by atoms with Gasteiger partial charge in [0.05, 0.1) is 5.56 Å². The third-order valence-electron chi connectivity index (χ3n) is 2.92. The van der Waals surface area contributed by atoms with Gasteiger partial charge in [-0.05, 0) is 40.2 Å². The van der Waals surface area contributed by atoms with E-state index >= 15 is 0 Å². The van der Waals surface area contributed by atoms with Crippen LogP contribution >= 0.6 is 15.9 Å². The third kappa shape index (κ3) is 4.43. The summed E-state index contributed by atoms with van der Waals surface area (Å²) < 4.78 is 7.04. The van der Waals surface area contributed by atoms with Crippen LogP contribution in [-0.2, 0) is 16.6 Å². The number of amides is 2. The molecule has 2 aromatic rings. The largest absolute Gasteiger partial charge is 0.451 e. The summed E-state index contributed by atoms with van der Waals surface area (Å²) in [4.78, 5) is 35.2. The normalized spacial score (nSPS) is 10.0. The molecule has 2 N–H and O–H groups in total. The second kappa shape index (κ2) is 7.59. The highest BCUT2D eigenvalue weighted by Gasteiger charge is 2.14. The molecular weight excluding hydrogens is 366 g/mol. The minimum absolute atomic E-state index is 0.329. The Hall–Kier alpha value is -2.61. The number of aryl methyl sites for hydroxylation is 1. The number of aromatic nitrogens is 1. The van der Waals surface area contributed by atoms with Crippen molar-refractivity contribution in [3.8, 4) is 0 Å². The maximum Gasteiger partial charge on any atom is 0.355 e. The summed E-state index contributed by atoms with van der Waals surface area (Å²) in [6.07, 6.45) is 1.69. The van der Waals surface area contributed by atoms with Gasteiger partial charge in [0.25, 0.3) is 11.8 Å². The molecule has 0 fully saturated rings. The van der Waals surface area contributed by atoms with E-state index in [-0.39, 0.29) is 0 Å². The third-order valence-corrected chi connectivity index (χ3v) is 3.61. The highest BCUT2D eigenvalue weighted by molar-refractivity contribution is 9.10. The van der Waals surface area contributed by atoms with Crippen LogP contribution in [0.5, 0.6) is 0 Å². The number of hydrogen-bond acceptors (Lipinski definition) is 4. The van der Waals surface area contributed by atoms with Crippen LogP contribution in [-0.4, -0.2) is 29.0 Å². The molecule has 1 aromatic heterocycles. The lowest BCUT2D eigenvalue weighted by Gasteiger charge is -2.09. The Balaban J connectivity index is 1.79. The average Bonchev–Trinajstić information content (AvgIpc) is 2.97. The maximum atomic E-state index is 11.9. The van der Waals surface area contributed by atoms with E-state index in [0.717, 1.165) is 0 Å². The lowest BCUT2D eigenvalue weighted by atomic mass is 10.2. The van der Waals surface area contributed by atoms with Crippen LogP contribution < -0.4 is 10.9 Å². The summed E-state index contributed by atoms with van der Waals surface area (Å²) in [6, 6.07) is 10.0. The molecule has 0 radical (unpaired) electrons. The van der Waals surface area contributed by atoms with E-state index in [1.54, 1.807) is 54.2 Å². The van der Waals surface area contributed by atoms with Crippen molar-refractivity contribution in [3.05, 3.63) is 58.3 Å². The van der Waals surface area contributed by atoms with Crippen LogP contribution in [0, 0.1) is 0 Å². The summed E-state index contributed by atoms with van der Waals surface area (Å²) >= 11 is 3.24. The number of rotatable bonds is 4. The standard InChI is InChI=1S/C15H14BrN3O4/c1-19-8-4-7-12(19)15(22)23-9-13(20)17-18-14(21)10-5-2-3-6-11(10)16/h2-8H,9H2,1H3,(H,17,20)(H,18,21). The van der Waals surface area contributed by atoms with Crippen molar-refractivity contribution in [1.29, 1.82) is 0 Å². The molecular formula is C15H14BrN3O4. The molecule has 2 amide bonds.